The van der Waals surface area contributed by atoms with Crippen LogP contribution in [0.2, 0.25) is 0 Å². The van der Waals surface area contributed by atoms with E-state index in [1.165, 1.54) is 0 Å². The average molecular weight is 412 g/mol. The number of carbonyl (C=O) groups excluding carboxylic acids is 2. The van der Waals surface area contributed by atoms with E-state index in [1.54, 1.807) is 6.07 Å². The molecule has 0 aliphatic carbocycles. The molecule has 7 nitrogen and oxygen atoms in total. The van der Waals surface area contributed by atoms with Gasteiger partial charge in [-0.25, -0.2) is 0 Å². The summed E-state index contributed by atoms with van der Waals surface area (Å²) in [6.07, 6.45) is 2.27. The second-order valence-electron chi connectivity index (χ2n) is 8.16. The third-order valence-electron chi connectivity index (χ3n) is 5.96. The monoisotopic (exact) mass is 411 g/mol. The van der Waals surface area contributed by atoms with Crippen LogP contribution < -0.4 is 15.4 Å². The molecule has 0 radical (unpaired) electrons. The van der Waals surface area contributed by atoms with Crippen LogP contribution in [0.1, 0.15) is 46.7 Å². The van der Waals surface area contributed by atoms with Gasteiger partial charge < -0.3 is 19.8 Å². The lowest BCUT2D eigenvalue weighted by Gasteiger charge is -2.29. The smallest absolute Gasteiger partial charge is 0.251 e. The molecular formula is C23H29N3O4. The Morgan fingerprint density at radius 3 is 2.70 bits per heavy atom. The Labute approximate surface area is 176 Å². The normalized spacial score (nSPS) is 23.1. The predicted molar refractivity (Wildman–Crippen MR) is 112 cm³/mol. The third kappa shape index (κ3) is 4.67. The zero-order valence-corrected chi connectivity index (χ0v) is 17.6. The van der Waals surface area contributed by atoms with Gasteiger partial charge in [0.25, 0.3) is 5.91 Å². The molecule has 1 saturated heterocycles. The highest BCUT2D eigenvalue weighted by Gasteiger charge is 2.35. The highest BCUT2D eigenvalue weighted by atomic mass is 16.5. The first-order valence-electron chi connectivity index (χ1n) is 10.6. The summed E-state index contributed by atoms with van der Waals surface area (Å²) < 4.78 is 11.6. The summed E-state index contributed by atoms with van der Waals surface area (Å²) in [6.45, 7) is 5.82. The van der Waals surface area contributed by atoms with Crippen molar-refractivity contribution in [1.82, 2.24) is 15.5 Å². The SMILES string of the molecule is Cc1ccc(CN2[C@@H]3CC[C@H]2CC(=O)NCCOc2cc(ccc2C)C(=O)NC3)o1. The van der Waals surface area contributed by atoms with E-state index in [4.69, 9.17) is 9.15 Å². The molecule has 3 heterocycles. The van der Waals surface area contributed by atoms with E-state index in [9.17, 15) is 9.59 Å². The van der Waals surface area contributed by atoms with Gasteiger partial charge in [0, 0.05) is 30.6 Å². The van der Waals surface area contributed by atoms with E-state index in [0.717, 1.165) is 29.9 Å². The van der Waals surface area contributed by atoms with E-state index < -0.39 is 0 Å². The number of nitrogens with zero attached hydrogens (tertiary/aromatic N) is 1. The Balaban J connectivity index is 1.55. The number of rotatable bonds is 2. The fourth-order valence-corrected chi connectivity index (χ4v) is 4.31. The van der Waals surface area contributed by atoms with Crippen molar-refractivity contribution in [3.05, 3.63) is 53.0 Å². The van der Waals surface area contributed by atoms with Gasteiger partial charge >= 0.3 is 0 Å². The van der Waals surface area contributed by atoms with Gasteiger partial charge in [0.05, 0.1) is 13.1 Å². The van der Waals surface area contributed by atoms with Crippen molar-refractivity contribution in [2.45, 2.75) is 51.7 Å². The zero-order valence-electron chi connectivity index (χ0n) is 17.6. The summed E-state index contributed by atoms with van der Waals surface area (Å²) >= 11 is 0. The maximum atomic E-state index is 12.8. The lowest BCUT2D eigenvalue weighted by molar-refractivity contribution is -0.122. The minimum Gasteiger partial charge on any atom is -0.491 e. The number of amides is 2. The lowest BCUT2D eigenvalue weighted by atomic mass is 10.1. The molecule has 2 N–H and O–H groups in total. The van der Waals surface area contributed by atoms with Gasteiger partial charge in [-0.3, -0.25) is 14.5 Å². The second-order valence-corrected chi connectivity index (χ2v) is 8.16. The molecule has 0 saturated carbocycles. The molecule has 2 atom stereocenters. The highest BCUT2D eigenvalue weighted by molar-refractivity contribution is 5.94. The Bertz CT molecular complexity index is 923. The number of hydrogen-bond donors (Lipinski definition) is 2. The quantitative estimate of drug-likeness (QED) is 0.794. The van der Waals surface area contributed by atoms with Gasteiger partial charge in [0.2, 0.25) is 5.91 Å². The van der Waals surface area contributed by atoms with E-state index >= 15 is 0 Å². The van der Waals surface area contributed by atoms with Crippen molar-refractivity contribution in [2.24, 2.45) is 0 Å². The molecule has 4 rings (SSSR count). The van der Waals surface area contributed by atoms with Crippen LogP contribution >= 0.6 is 0 Å². The topological polar surface area (TPSA) is 83.8 Å². The number of nitrogens with one attached hydrogen (secondary N) is 2. The lowest BCUT2D eigenvalue weighted by Crippen LogP contribution is -2.44. The van der Waals surface area contributed by atoms with Gasteiger partial charge in [-0.05, 0) is 56.5 Å². The van der Waals surface area contributed by atoms with E-state index in [-0.39, 0.29) is 23.9 Å². The average Bonchev–Trinajstić information content (AvgIpc) is 3.30. The van der Waals surface area contributed by atoms with E-state index in [1.807, 2.05) is 38.1 Å². The molecule has 2 aliphatic rings. The van der Waals surface area contributed by atoms with Crippen molar-refractivity contribution in [3.8, 4) is 5.75 Å². The van der Waals surface area contributed by atoms with Crippen LogP contribution in [-0.2, 0) is 11.3 Å². The number of ether oxygens (including phenoxy) is 1. The van der Waals surface area contributed by atoms with Crippen LogP contribution in [-0.4, -0.2) is 48.5 Å². The van der Waals surface area contributed by atoms with Gasteiger partial charge in [-0.1, -0.05) is 6.07 Å². The first kappa shape index (κ1) is 20.5. The predicted octanol–water partition coefficient (Wildman–Crippen LogP) is 2.56. The van der Waals surface area contributed by atoms with Crippen LogP contribution in [0.4, 0.5) is 0 Å². The fourth-order valence-electron chi connectivity index (χ4n) is 4.31. The molecule has 4 bridgehead atoms. The van der Waals surface area contributed by atoms with Crippen molar-refractivity contribution in [3.63, 3.8) is 0 Å². The highest BCUT2D eigenvalue weighted by Crippen LogP contribution is 2.29. The molecule has 160 valence electrons. The Hall–Kier alpha value is -2.80. The maximum Gasteiger partial charge on any atom is 0.251 e. The molecule has 2 aromatic rings. The van der Waals surface area contributed by atoms with Crippen molar-refractivity contribution >= 4 is 11.8 Å². The summed E-state index contributed by atoms with van der Waals surface area (Å²) in [5, 5.41) is 6.04. The number of furan rings is 1. The second kappa shape index (κ2) is 8.92. The van der Waals surface area contributed by atoms with Gasteiger partial charge in [-0.2, -0.15) is 0 Å². The number of fused-ring (bicyclic) bond motifs is 4. The molecule has 30 heavy (non-hydrogen) atoms. The molecule has 2 amide bonds. The Kier molecular flexibility index (Phi) is 6.08. The van der Waals surface area contributed by atoms with E-state index in [2.05, 4.69) is 15.5 Å². The molecular weight excluding hydrogens is 382 g/mol. The van der Waals surface area contributed by atoms with Gasteiger partial charge in [-0.15, -0.1) is 0 Å². The van der Waals surface area contributed by atoms with Crippen LogP contribution in [0.5, 0.6) is 5.75 Å². The summed E-state index contributed by atoms with van der Waals surface area (Å²) in [5.41, 5.74) is 1.54. The number of aryl methyl sites for hydroxylation is 2. The largest absolute Gasteiger partial charge is 0.491 e. The molecule has 7 heteroatoms. The van der Waals surface area contributed by atoms with Crippen molar-refractivity contribution in [1.29, 1.82) is 0 Å². The van der Waals surface area contributed by atoms with Crippen molar-refractivity contribution < 1.29 is 18.7 Å². The van der Waals surface area contributed by atoms with Gasteiger partial charge in [0.1, 0.15) is 23.9 Å². The third-order valence-corrected chi connectivity index (χ3v) is 5.96. The first-order chi connectivity index (χ1) is 14.5. The molecule has 1 aromatic carbocycles. The molecule has 1 fully saturated rings. The molecule has 1 aromatic heterocycles. The van der Waals surface area contributed by atoms with E-state index in [0.29, 0.717) is 44.0 Å². The number of benzene rings is 1. The summed E-state index contributed by atoms with van der Waals surface area (Å²) in [5.74, 6) is 2.33. The fraction of sp³-hybridized carbons (Fsp3) is 0.478. The number of carbonyl (C=O) groups is 2. The van der Waals surface area contributed by atoms with Crippen LogP contribution in [0.3, 0.4) is 0 Å². The maximum absolute atomic E-state index is 12.8. The standard InChI is InChI=1S/C23H29N3O4/c1-15-3-5-17-11-21(15)29-10-9-24-22(27)12-18-6-7-19(13-25-23(17)28)26(18)14-20-8-4-16(2)30-20/h3-5,8,11,18-19H,6-7,9-10,12-14H2,1-2H3,(H,24,27)(H,25,28)/t18-,19+/m0/s1. The van der Waals surface area contributed by atoms with Crippen molar-refractivity contribution in [2.75, 3.05) is 19.7 Å². The Morgan fingerprint density at radius 1 is 1.07 bits per heavy atom. The minimum absolute atomic E-state index is 0.0225. The molecule has 0 unspecified atom stereocenters. The zero-order chi connectivity index (χ0) is 21.1. The summed E-state index contributed by atoms with van der Waals surface area (Å²) in [7, 11) is 0. The molecule has 0 spiro atoms. The first-order valence-corrected chi connectivity index (χ1v) is 10.6. The van der Waals surface area contributed by atoms with Crippen LogP contribution in [0.25, 0.3) is 0 Å². The van der Waals surface area contributed by atoms with Crippen LogP contribution in [0.15, 0.2) is 34.7 Å². The summed E-state index contributed by atoms with van der Waals surface area (Å²) in [6, 6.07) is 9.68. The molecule has 2 aliphatic heterocycles. The summed E-state index contributed by atoms with van der Waals surface area (Å²) in [4.78, 5) is 27.6. The number of hydrogen-bond acceptors (Lipinski definition) is 5. The van der Waals surface area contributed by atoms with Gasteiger partial charge in [0.15, 0.2) is 0 Å². The van der Waals surface area contributed by atoms with Crippen LogP contribution in [0, 0.1) is 13.8 Å². The minimum atomic E-state index is -0.110. The Morgan fingerprint density at radius 2 is 1.90 bits per heavy atom.